The van der Waals surface area contributed by atoms with E-state index in [9.17, 15) is 4.79 Å². The molecule has 0 aromatic carbocycles. The second kappa shape index (κ2) is 7.85. The fourth-order valence-electron chi connectivity index (χ4n) is 3.62. The lowest BCUT2D eigenvalue weighted by Gasteiger charge is -2.32. The van der Waals surface area contributed by atoms with Gasteiger partial charge in [0.25, 0.3) is 5.91 Å². The van der Waals surface area contributed by atoms with Gasteiger partial charge in [0, 0.05) is 42.4 Å². The standard InChI is InChI=1S/C21H25N5OS/c1-14-10-15(2)26(24-14)20-5-4-17(12-22-20)21(27)23-11-16(3)25-8-6-19-18(13-25)7-9-28-19/h4-5,7,9-10,12,16H,6,8,11,13H2,1-3H3,(H,23,27)/t16-/m0/s1. The Hall–Kier alpha value is -2.51. The maximum Gasteiger partial charge on any atom is 0.252 e. The molecule has 0 saturated heterocycles. The Bertz CT molecular complexity index is 975. The molecule has 4 heterocycles. The molecule has 0 fully saturated rings. The van der Waals surface area contributed by atoms with Crippen LogP contribution >= 0.6 is 11.3 Å². The summed E-state index contributed by atoms with van der Waals surface area (Å²) >= 11 is 1.85. The van der Waals surface area contributed by atoms with Gasteiger partial charge in [0.05, 0.1) is 11.3 Å². The van der Waals surface area contributed by atoms with Crippen molar-refractivity contribution < 1.29 is 4.79 Å². The van der Waals surface area contributed by atoms with Crippen LogP contribution in [0.1, 0.15) is 39.1 Å². The molecule has 3 aromatic heterocycles. The number of amides is 1. The molecule has 146 valence electrons. The summed E-state index contributed by atoms with van der Waals surface area (Å²) in [6.07, 6.45) is 2.72. The van der Waals surface area contributed by atoms with Crippen molar-refractivity contribution in [3.63, 3.8) is 0 Å². The maximum absolute atomic E-state index is 12.5. The van der Waals surface area contributed by atoms with Crippen LogP contribution in [0.5, 0.6) is 0 Å². The largest absolute Gasteiger partial charge is 0.350 e. The van der Waals surface area contributed by atoms with E-state index in [-0.39, 0.29) is 5.91 Å². The Morgan fingerprint density at radius 3 is 2.89 bits per heavy atom. The molecule has 1 N–H and O–H groups in total. The number of nitrogens with one attached hydrogen (secondary N) is 1. The highest BCUT2D eigenvalue weighted by Crippen LogP contribution is 2.25. The maximum atomic E-state index is 12.5. The zero-order valence-electron chi connectivity index (χ0n) is 16.5. The first-order valence-corrected chi connectivity index (χ1v) is 10.5. The molecule has 0 saturated carbocycles. The molecule has 1 aliphatic rings. The van der Waals surface area contributed by atoms with E-state index < -0.39 is 0 Å². The van der Waals surface area contributed by atoms with Gasteiger partial charge >= 0.3 is 0 Å². The average Bonchev–Trinajstić information content (AvgIpc) is 3.30. The molecule has 0 aliphatic carbocycles. The van der Waals surface area contributed by atoms with Gasteiger partial charge in [-0.25, -0.2) is 9.67 Å². The van der Waals surface area contributed by atoms with Gasteiger partial charge in [-0.2, -0.15) is 5.10 Å². The van der Waals surface area contributed by atoms with Crippen molar-refractivity contribution in [3.8, 4) is 5.82 Å². The molecule has 0 unspecified atom stereocenters. The van der Waals surface area contributed by atoms with Gasteiger partial charge in [0.1, 0.15) is 0 Å². The van der Waals surface area contributed by atoms with Crippen LogP contribution in [0.4, 0.5) is 0 Å². The Morgan fingerprint density at radius 1 is 1.32 bits per heavy atom. The van der Waals surface area contributed by atoms with Crippen LogP contribution in [-0.2, 0) is 13.0 Å². The van der Waals surface area contributed by atoms with Crippen LogP contribution in [0.15, 0.2) is 35.8 Å². The van der Waals surface area contributed by atoms with Crippen molar-refractivity contribution in [3.05, 3.63) is 63.2 Å². The molecule has 28 heavy (non-hydrogen) atoms. The van der Waals surface area contributed by atoms with E-state index >= 15 is 0 Å². The first kappa shape index (κ1) is 18.8. The number of aromatic nitrogens is 3. The first-order valence-electron chi connectivity index (χ1n) is 9.58. The molecule has 1 atom stereocenters. The lowest BCUT2D eigenvalue weighted by molar-refractivity contribution is 0.0932. The highest BCUT2D eigenvalue weighted by atomic mass is 32.1. The van der Waals surface area contributed by atoms with Crippen molar-refractivity contribution in [1.29, 1.82) is 0 Å². The first-order chi connectivity index (χ1) is 13.5. The smallest absolute Gasteiger partial charge is 0.252 e. The molecular formula is C21H25N5OS. The molecule has 0 spiro atoms. The fourth-order valence-corrected chi connectivity index (χ4v) is 4.51. The van der Waals surface area contributed by atoms with Gasteiger partial charge in [0.15, 0.2) is 5.82 Å². The van der Waals surface area contributed by atoms with E-state index in [1.807, 2.05) is 37.3 Å². The van der Waals surface area contributed by atoms with Crippen molar-refractivity contribution in [1.82, 2.24) is 25.0 Å². The number of carbonyl (C=O) groups excluding carboxylic acids is 1. The summed E-state index contributed by atoms with van der Waals surface area (Å²) in [5.74, 6) is 0.628. The van der Waals surface area contributed by atoms with Crippen molar-refractivity contribution in [2.45, 2.75) is 39.8 Å². The van der Waals surface area contributed by atoms with Gasteiger partial charge in [0.2, 0.25) is 0 Å². The molecule has 1 aliphatic heterocycles. The van der Waals surface area contributed by atoms with Gasteiger partial charge in [-0.05, 0) is 62.4 Å². The summed E-state index contributed by atoms with van der Waals surface area (Å²) < 4.78 is 1.79. The molecule has 3 aromatic rings. The van der Waals surface area contributed by atoms with Crippen LogP contribution in [0.2, 0.25) is 0 Å². The average molecular weight is 396 g/mol. The summed E-state index contributed by atoms with van der Waals surface area (Å²) in [7, 11) is 0. The number of fused-ring (bicyclic) bond motifs is 1. The second-order valence-corrected chi connectivity index (χ2v) is 8.39. The van der Waals surface area contributed by atoms with Crippen LogP contribution in [0.25, 0.3) is 5.82 Å². The van der Waals surface area contributed by atoms with E-state index in [2.05, 4.69) is 38.7 Å². The van der Waals surface area contributed by atoms with Crippen LogP contribution in [0.3, 0.4) is 0 Å². The summed E-state index contributed by atoms with van der Waals surface area (Å²) in [5.41, 5.74) is 3.96. The minimum Gasteiger partial charge on any atom is -0.350 e. The molecular weight excluding hydrogens is 370 g/mol. The number of hydrogen-bond acceptors (Lipinski definition) is 5. The van der Waals surface area contributed by atoms with Gasteiger partial charge in [-0.1, -0.05) is 0 Å². The highest BCUT2D eigenvalue weighted by Gasteiger charge is 2.22. The number of hydrogen-bond donors (Lipinski definition) is 1. The highest BCUT2D eigenvalue weighted by molar-refractivity contribution is 7.10. The molecule has 1 amide bonds. The number of carbonyl (C=O) groups is 1. The minimum atomic E-state index is -0.0903. The Kier molecular flexibility index (Phi) is 5.28. The number of pyridine rings is 1. The topological polar surface area (TPSA) is 63.1 Å². The van der Waals surface area contributed by atoms with Crippen LogP contribution < -0.4 is 5.32 Å². The summed E-state index contributed by atoms with van der Waals surface area (Å²) in [5, 5.41) is 9.65. The number of aryl methyl sites for hydroxylation is 2. The van der Waals surface area contributed by atoms with Gasteiger partial charge < -0.3 is 5.32 Å². The number of nitrogens with zero attached hydrogens (tertiary/aromatic N) is 4. The third-order valence-electron chi connectivity index (χ3n) is 5.26. The summed E-state index contributed by atoms with van der Waals surface area (Å²) in [6.45, 7) is 8.74. The predicted molar refractivity (Wildman–Crippen MR) is 111 cm³/mol. The van der Waals surface area contributed by atoms with Crippen LogP contribution in [-0.4, -0.2) is 44.7 Å². The fraction of sp³-hybridized carbons (Fsp3) is 0.381. The second-order valence-electron chi connectivity index (χ2n) is 7.39. The zero-order chi connectivity index (χ0) is 19.7. The van der Waals surface area contributed by atoms with E-state index in [1.165, 1.54) is 10.4 Å². The zero-order valence-corrected chi connectivity index (χ0v) is 17.3. The molecule has 0 radical (unpaired) electrons. The van der Waals surface area contributed by atoms with E-state index in [4.69, 9.17) is 0 Å². The van der Waals surface area contributed by atoms with Gasteiger partial charge in [-0.3, -0.25) is 9.69 Å². The normalized spacial score (nSPS) is 15.2. The van der Waals surface area contributed by atoms with Crippen molar-refractivity contribution in [2.24, 2.45) is 0 Å². The third kappa shape index (κ3) is 3.86. The lowest BCUT2D eigenvalue weighted by atomic mass is 10.1. The predicted octanol–water partition coefficient (Wildman–Crippen LogP) is 3.12. The van der Waals surface area contributed by atoms with Crippen molar-refractivity contribution >= 4 is 17.2 Å². The molecule has 0 bridgehead atoms. The van der Waals surface area contributed by atoms with Gasteiger partial charge in [-0.15, -0.1) is 11.3 Å². The molecule has 4 rings (SSSR count). The summed E-state index contributed by atoms with van der Waals surface area (Å²) in [4.78, 5) is 20.9. The molecule has 7 heteroatoms. The van der Waals surface area contributed by atoms with Crippen molar-refractivity contribution in [2.75, 3.05) is 13.1 Å². The number of thiophene rings is 1. The SMILES string of the molecule is Cc1cc(C)n(-c2ccc(C(=O)NC[C@H](C)N3CCc4sccc4C3)cn2)n1. The Morgan fingerprint density at radius 2 is 2.18 bits per heavy atom. The Labute approximate surface area is 169 Å². The summed E-state index contributed by atoms with van der Waals surface area (Å²) in [6, 6.07) is 8.15. The van der Waals surface area contributed by atoms with E-state index in [0.29, 0.717) is 18.2 Å². The third-order valence-corrected chi connectivity index (χ3v) is 6.28. The number of rotatable bonds is 5. The van der Waals surface area contributed by atoms with E-state index in [0.717, 1.165) is 36.7 Å². The minimum absolute atomic E-state index is 0.0903. The lowest BCUT2D eigenvalue weighted by Crippen LogP contribution is -2.44. The monoisotopic (exact) mass is 395 g/mol. The Balaban J connectivity index is 1.34. The van der Waals surface area contributed by atoms with Crippen LogP contribution in [0, 0.1) is 13.8 Å². The molecule has 6 nitrogen and oxygen atoms in total. The van der Waals surface area contributed by atoms with E-state index in [1.54, 1.807) is 16.9 Å². The quantitative estimate of drug-likeness (QED) is 0.721.